The number of hydrogen-bond acceptors (Lipinski definition) is 2. The highest BCUT2D eigenvalue weighted by Crippen LogP contribution is 2.31. The molecule has 1 aromatic carbocycles. The zero-order chi connectivity index (χ0) is 18.0. The van der Waals surface area contributed by atoms with Gasteiger partial charge in [0.05, 0.1) is 11.3 Å². The summed E-state index contributed by atoms with van der Waals surface area (Å²) in [5.74, 6) is -2.23. The van der Waals surface area contributed by atoms with Crippen LogP contribution in [-0.2, 0) is 15.8 Å². The molecule has 0 saturated carbocycles. The van der Waals surface area contributed by atoms with E-state index in [-0.39, 0.29) is 0 Å². The second-order valence-corrected chi connectivity index (χ2v) is 6.13. The highest BCUT2D eigenvalue weighted by atomic mass is 19.4. The quantitative estimate of drug-likeness (QED) is 0.833. The monoisotopic (exact) mass is 334 g/mol. The van der Waals surface area contributed by atoms with Gasteiger partial charge in [-0.15, -0.1) is 0 Å². The Morgan fingerprint density at radius 2 is 1.70 bits per heavy atom. The predicted octanol–water partition coefficient (Wildman–Crippen LogP) is 3.33. The maximum Gasteiger partial charge on any atom is 0.416 e. The Morgan fingerprint density at radius 3 is 2.17 bits per heavy atom. The number of rotatable bonds is 3. The van der Waals surface area contributed by atoms with Gasteiger partial charge in [0.2, 0.25) is 11.8 Å². The maximum absolute atomic E-state index is 13.6. The third-order valence-electron chi connectivity index (χ3n) is 2.97. The first-order valence-corrected chi connectivity index (χ1v) is 6.81. The number of anilines is 1. The van der Waals surface area contributed by atoms with Crippen LogP contribution in [0.15, 0.2) is 18.2 Å². The largest absolute Gasteiger partial charge is 0.416 e. The van der Waals surface area contributed by atoms with Gasteiger partial charge in [0.25, 0.3) is 0 Å². The van der Waals surface area contributed by atoms with E-state index in [4.69, 9.17) is 0 Å². The molecule has 128 valence electrons. The first kappa shape index (κ1) is 18.9. The molecule has 1 aromatic rings. The van der Waals surface area contributed by atoms with Crippen molar-refractivity contribution in [1.82, 2.24) is 5.32 Å². The fourth-order valence-electron chi connectivity index (χ4n) is 1.52. The van der Waals surface area contributed by atoms with Gasteiger partial charge in [0.1, 0.15) is 11.9 Å². The lowest BCUT2D eigenvalue weighted by molar-refractivity contribution is -0.137. The fourth-order valence-corrected chi connectivity index (χ4v) is 1.52. The lowest BCUT2D eigenvalue weighted by Crippen LogP contribution is -2.46. The van der Waals surface area contributed by atoms with Gasteiger partial charge in [-0.3, -0.25) is 9.59 Å². The molecule has 4 nitrogen and oxygen atoms in total. The van der Waals surface area contributed by atoms with Crippen molar-refractivity contribution in [3.05, 3.63) is 29.6 Å². The van der Waals surface area contributed by atoms with Gasteiger partial charge in [0, 0.05) is 5.41 Å². The third kappa shape index (κ3) is 5.22. The Hall–Kier alpha value is -2.12. The van der Waals surface area contributed by atoms with E-state index in [0.717, 1.165) is 0 Å². The SMILES string of the molecule is C[C@@H](NC(=O)C(C)(C)C)C(=O)Nc1cc(C(F)(F)F)ccc1F. The van der Waals surface area contributed by atoms with E-state index < -0.39 is 46.5 Å². The molecule has 0 radical (unpaired) electrons. The standard InChI is InChI=1S/C15H18F4N2O2/c1-8(20-13(23)14(2,3)4)12(22)21-11-7-9(15(17,18)19)5-6-10(11)16/h5-8H,1-4H3,(H,20,23)(H,21,22)/t8-/m1/s1. The zero-order valence-electron chi connectivity index (χ0n) is 13.1. The molecule has 23 heavy (non-hydrogen) atoms. The van der Waals surface area contributed by atoms with E-state index in [1.807, 2.05) is 0 Å². The third-order valence-corrected chi connectivity index (χ3v) is 2.97. The lowest BCUT2D eigenvalue weighted by atomic mass is 9.95. The Labute approximate surface area is 131 Å². The minimum absolute atomic E-state index is 0.412. The van der Waals surface area contributed by atoms with Crippen molar-refractivity contribution in [3.8, 4) is 0 Å². The van der Waals surface area contributed by atoms with Gasteiger partial charge >= 0.3 is 6.18 Å². The molecule has 2 amide bonds. The first-order valence-electron chi connectivity index (χ1n) is 6.81. The Kier molecular flexibility index (Phi) is 5.39. The minimum atomic E-state index is -4.65. The Bertz CT molecular complexity index is 606. The average Bonchev–Trinajstić information content (AvgIpc) is 2.38. The van der Waals surface area contributed by atoms with Crippen LogP contribution in [0.5, 0.6) is 0 Å². The van der Waals surface area contributed by atoms with E-state index in [1.54, 1.807) is 20.8 Å². The van der Waals surface area contributed by atoms with E-state index in [9.17, 15) is 27.2 Å². The van der Waals surface area contributed by atoms with Crippen LogP contribution >= 0.6 is 0 Å². The normalized spacial score (nSPS) is 13.4. The summed E-state index contributed by atoms with van der Waals surface area (Å²) in [6, 6.07) is 0.675. The van der Waals surface area contributed by atoms with Gasteiger partial charge in [-0.1, -0.05) is 20.8 Å². The fraction of sp³-hybridized carbons (Fsp3) is 0.467. The summed E-state index contributed by atoms with van der Waals surface area (Å²) in [6.45, 7) is 6.27. The van der Waals surface area contributed by atoms with Crippen LogP contribution in [-0.4, -0.2) is 17.9 Å². The number of carbonyl (C=O) groups is 2. The molecule has 1 atom stereocenters. The topological polar surface area (TPSA) is 58.2 Å². The summed E-state index contributed by atoms with van der Waals surface area (Å²) >= 11 is 0. The number of hydrogen-bond donors (Lipinski definition) is 2. The van der Waals surface area contributed by atoms with Crippen molar-refractivity contribution in [2.75, 3.05) is 5.32 Å². The van der Waals surface area contributed by atoms with E-state index in [1.165, 1.54) is 6.92 Å². The zero-order valence-corrected chi connectivity index (χ0v) is 13.1. The number of alkyl halides is 3. The van der Waals surface area contributed by atoms with Gasteiger partial charge in [-0.05, 0) is 25.1 Å². The molecule has 2 N–H and O–H groups in total. The molecule has 0 aromatic heterocycles. The molecule has 0 bridgehead atoms. The number of amides is 2. The van der Waals surface area contributed by atoms with E-state index in [2.05, 4.69) is 10.6 Å². The van der Waals surface area contributed by atoms with Crippen LogP contribution < -0.4 is 10.6 Å². The first-order chi connectivity index (χ1) is 10.3. The van der Waals surface area contributed by atoms with E-state index >= 15 is 0 Å². The van der Waals surface area contributed by atoms with Crippen molar-refractivity contribution in [1.29, 1.82) is 0 Å². The Morgan fingerprint density at radius 1 is 1.13 bits per heavy atom. The molecular formula is C15H18F4N2O2. The van der Waals surface area contributed by atoms with Crippen LogP contribution in [0.1, 0.15) is 33.3 Å². The highest BCUT2D eigenvalue weighted by Gasteiger charge is 2.31. The molecule has 0 aliphatic heterocycles. The van der Waals surface area contributed by atoms with Crippen molar-refractivity contribution in [3.63, 3.8) is 0 Å². The van der Waals surface area contributed by atoms with Crippen LogP contribution in [0.2, 0.25) is 0 Å². The highest BCUT2D eigenvalue weighted by molar-refractivity contribution is 5.97. The molecule has 0 unspecified atom stereocenters. The summed E-state index contributed by atoms with van der Waals surface area (Å²) in [6.07, 6.45) is -4.65. The molecule has 0 heterocycles. The van der Waals surface area contributed by atoms with Gasteiger partial charge < -0.3 is 10.6 Å². The summed E-state index contributed by atoms with van der Waals surface area (Å²) in [4.78, 5) is 23.7. The molecule has 1 rings (SSSR count). The van der Waals surface area contributed by atoms with Gasteiger partial charge in [-0.2, -0.15) is 13.2 Å². The second-order valence-electron chi connectivity index (χ2n) is 6.13. The molecule has 0 spiro atoms. The molecule has 8 heteroatoms. The molecule has 0 saturated heterocycles. The summed E-state index contributed by atoms with van der Waals surface area (Å²) in [5.41, 5.74) is -2.42. The molecule has 0 aliphatic rings. The van der Waals surface area contributed by atoms with E-state index in [0.29, 0.717) is 18.2 Å². The van der Waals surface area contributed by atoms with Crippen molar-refractivity contribution in [2.24, 2.45) is 5.41 Å². The van der Waals surface area contributed by atoms with Crippen LogP contribution in [0.4, 0.5) is 23.2 Å². The molecule has 0 fully saturated rings. The van der Waals surface area contributed by atoms with Crippen molar-refractivity contribution in [2.45, 2.75) is 39.9 Å². The predicted molar refractivity (Wildman–Crippen MR) is 77.1 cm³/mol. The van der Waals surface area contributed by atoms with Crippen molar-refractivity contribution < 1.29 is 27.2 Å². The van der Waals surface area contributed by atoms with Crippen LogP contribution in [0.3, 0.4) is 0 Å². The lowest BCUT2D eigenvalue weighted by Gasteiger charge is -2.21. The minimum Gasteiger partial charge on any atom is -0.344 e. The number of benzene rings is 1. The second kappa shape index (κ2) is 6.55. The number of halogens is 4. The van der Waals surface area contributed by atoms with Crippen LogP contribution in [0.25, 0.3) is 0 Å². The summed E-state index contributed by atoms with van der Waals surface area (Å²) < 4.78 is 51.4. The van der Waals surface area contributed by atoms with Crippen molar-refractivity contribution >= 4 is 17.5 Å². The number of nitrogens with one attached hydrogen (secondary N) is 2. The molecule has 0 aliphatic carbocycles. The summed E-state index contributed by atoms with van der Waals surface area (Å²) in [5, 5.41) is 4.46. The Balaban J connectivity index is 2.87. The van der Waals surface area contributed by atoms with Crippen LogP contribution in [0, 0.1) is 11.2 Å². The number of carbonyl (C=O) groups excluding carboxylic acids is 2. The maximum atomic E-state index is 13.6. The smallest absolute Gasteiger partial charge is 0.344 e. The summed E-state index contributed by atoms with van der Waals surface area (Å²) in [7, 11) is 0. The van der Waals surface area contributed by atoms with Gasteiger partial charge in [0.15, 0.2) is 0 Å². The average molecular weight is 334 g/mol. The molecular weight excluding hydrogens is 316 g/mol. The van der Waals surface area contributed by atoms with Gasteiger partial charge in [-0.25, -0.2) is 4.39 Å².